The Morgan fingerprint density at radius 1 is 0.963 bits per heavy atom. The second-order valence-electron chi connectivity index (χ2n) is 5.93. The van der Waals surface area contributed by atoms with Gasteiger partial charge < -0.3 is 19.4 Å². The van der Waals surface area contributed by atoms with Crippen molar-refractivity contribution in [1.29, 1.82) is 0 Å². The van der Waals surface area contributed by atoms with Gasteiger partial charge in [-0.25, -0.2) is 0 Å². The van der Waals surface area contributed by atoms with Gasteiger partial charge in [0.25, 0.3) is 0 Å². The first-order valence-corrected chi connectivity index (χ1v) is 8.23. The summed E-state index contributed by atoms with van der Waals surface area (Å²) < 4.78 is 11.4. The summed E-state index contributed by atoms with van der Waals surface area (Å²) >= 11 is 0. The minimum atomic E-state index is -0.564. The largest absolute Gasteiger partial charge is 0.504 e. The number of nitrogens with zero attached hydrogens (tertiary/aromatic N) is 1. The number of ether oxygens (including phenoxy) is 1. The highest BCUT2D eigenvalue weighted by atomic mass is 16.5. The number of aromatic nitrogens is 1. The third kappa shape index (κ3) is 3.20. The van der Waals surface area contributed by atoms with Crippen LogP contribution >= 0.6 is 0 Å². The van der Waals surface area contributed by atoms with Crippen molar-refractivity contribution in [3.8, 4) is 28.6 Å². The van der Waals surface area contributed by atoms with E-state index < -0.39 is 16.9 Å². The molecule has 2 N–H and O–H groups in total. The molecule has 0 radical (unpaired) electrons. The molecule has 0 fully saturated rings. The van der Waals surface area contributed by atoms with Crippen LogP contribution in [0.1, 0.15) is 5.56 Å². The Kier molecular flexibility index (Phi) is 4.22. The summed E-state index contributed by atoms with van der Waals surface area (Å²) in [6.45, 7) is 0.156. The molecule has 0 aliphatic carbocycles. The van der Waals surface area contributed by atoms with Gasteiger partial charge in [-0.3, -0.25) is 9.78 Å². The molecule has 0 spiro atoms. The van der Waals surface area contributed by atoms with E-state index in [1.54, 1.807) is 24.5 Å². The van der Waals surface area contributed by atoms with Crippen molar-refractivity contribution in [2.24, 2.45) is 0 Å². The molecule has 2 aromatic heterocycles. The molecule has 0 saturated heterocycles. The highest BCUT2D eigenvalue weighted by Gasteiger charge is 2.18. The lowest BCUT2D eigenvalue weighted by Gasteiger charge is -2.11. The Morgan fingerprint density at radius 2 is 1.70 bits per heavy atom. The maximum atomic E-state index is 12.5. The molecule has 0 saturated carbocycles. The van der Waals surface area contributed by atoms with E-state index in [0.717, 1.165) is 11.1 Å². The zero-order chi connectivity index (χ0) is 18.8. The third-order valence-corrected chi connectivity index (χ3v) is 4.13. The van der Waals surface area contributed by atoms with Crippen molar-refractivity contribution in [3.63, 3.8) is 0 Å². The maximum Gasteiger partial charge on any atom is 0.201 e. The summed E-state index contributed by atoms with van der Waals surface area (Å²) in [5, 5.41) is 20.4. The van der Waals surface area contributed by atoms with Crippen LogP contribution in [0, 0.1) is 0 Å². The van der Waals surface area contributed by atoms with Gasteiger partial charge in [-0.2, -0.15) is 0 Å². The first kappa shape index (κ1) is 16.7. The lowest BCUT2D eigenvalue weighted by molar-refractivity contribution is 0.283. The van der Waals surface area contributed by atoms with Crippen LogP contribution in [-0.2, 0) is 6.61 Å². The first-order chi connectivity index (χ1) is 13.1. The standard InChI is InChI=1S/C21H15NO5/c23-15-10-16(14-4-2-1-3-5-14)27-17-11-18(20(24)21(25)19(15)17)26-12-13-6-8-22-9-7-13/h1-11,24-25H,12H2. The van der Waals surface area contributed by atoms with Crippen LogP contribution in [-0.4, -0.2) is 15.2 Å². The zero-order valence-electron chi connectivity index (χ0n) is 14.1. The van der Waals surface area contributed by atoms with Gasteiger partial charge in [-0.05, 0) is 17.7 Å². The summed E-state index contributed by atoms with van der Waals surface area (Å²) in [5.41, 5.74) is 1.23. The van der Waals surface area contributed by atoms with E-state index in [-0.39, 0.29) is 23.3 Å². The molecule has 27 heavy (non-hydrogen) atoms. The van der Waals surface area contributed by atoms with Gasteiger partial charge in [-0.1, -0.05) is 30.3 Å². The molecule has 4 rings (SSSR count). The molecule has 0 aliphatic heterocycles. The quantitative estimate of drug-likeness (QED) is 0.537. The highest BCUT2D eigenvalue weighted by molar-refractivity contribution is 5.89. The molecule has 6 nitrogen and oxygen atoms in total. The third-order valence-electron chi connectivity index (χ3n) is 4.13. The number of fused-ring (bicyclic) bond motifs is 1. The Morgan fingerprint density at radius 3 is 2.44 bits per heavy atom. The van der Waals surface area contributed by atoms with Gasteiger partial charge in [0.1, 0.15) is 23.3 Å². The van der Waals surface area contributed by atoms with Gasteiger partial charge in [0, 0.05) is 30.1 Å². The Labute approximate surface area is 153 Å². The average Bonchev–Trinajstić information content (AvgIpc) is 2.70. The van der Waals surface area contributed by atoms with E-state index in [2.05, 4.69) is 4.98 Å². The number of aromatic hydroxyl groups is 2. The molecular formula is C21H15NO5. The van der Waals surface area contributed by atoms with Crippen molar-refractivity contribution in [1.82, 2.24) is 4.98 Å². The van der Waals surface area contributed by atoms with E-state index >= 15 is 0 Å². The van der Waals surface area contributed by atoms with E-state index in [1.807, 2.05) is 30.3 Å². The number of rotatable bonds is 4. The molecule has 0 amide bonds. The number of phenols is 2. The number of phenolic OH excluding ortho intramolecular Hbond substituents is 2. The molecule has 0 unspecified atom stereocenters. The monoisotopic (exact) mass is 361 g/mol. The number of hydrogen-bond acceptors (Lipinski definition) is 6. The molecule has 134 valence electrons. The van der Waals surface area contributed by atoms with Gasteiger partial charge in [0.15, 0.2) is 16.9 Å². The van der Waals surface area contributed by atoms with Gasteiger partial charge >= 0.3 is 0 Å². The van der Waals surface area contributed by atoms with Crippen LogP contribution in [0.3, 0.4) is 0 Å². The fourth-order valence-electron chi connectivity index (χ4n) is 2.76. The minimum Gasteiger partial charge on any atom is -0.504 e. The van der Waals surface area contributed by atoms with E-state index in [9.17, 15) is 15.0 Å². The lowest BCUT2D eigenvalue weighted by atomic mass is 10.1. The Bertz CT molecular complexity index is 1150. The van der Waals surface area contributed by atoms with Gasteiger partial charge in [0.2, 0.25) is 5.75 Å². The summed E-state index contributed by atoms with van der Waals surface area (Å²) in [7, 11) is 0. The lowest BCUT2D eigenvalue weighted by Crippen LogP contribution is -2.02. The molecule has 2 heterocycles. The van der Waals surface area contributed by atoms with Crippen LogP contribution < -0.4 is 10.2 Å². The fourth-order valence-corrected chi connectivity index (χ4v) is 2.76. The number of pyridine rings is 1. The molecular weight excluding hydrogens is 346 g/mol. The fraction of sp³-hybridized carbons (Fsp3) is 0.0476. The predicted octanol–water partition coefficient (Wildman–Crippen LogP) is 3.85. The smallest absolute Gasteiger partial charge is 0.201 e. The van der Waals surface area contributed by atoms with E-state index in [4.69, 9.17) is 9.15 Å². The zero-order valence-corrected chi connectivity index (χ0v) is 14.1. The molecule has 0 aliphatic rings. The van der Waals surface area contributed by atoms with Crippen LogP contribution in [0.15, 0.2) is 76.2 Å². The normalized spacial score (nSPS) is 10.8. The first-order valence-electron chi connectivity index (χ1n) is 8.23. The Hall–Kier alpha value is -3.80. The highest BCUT2D eigenvalue weighted by Crippen LogP contribution is 2.41. The second-order valence-corrected chi connectivity index (χ2v) is 5.93. The summed E-state index contributed by atoms with van der Waals surface area (Å²) in [6, 6.07) is 15.4. The van der Waals surface area contributed by atoms with E-state index in [1.165, 1.54) is 12.1 Å². The summed E-state index contributed by atoms with van der Waals surface area (Å²) in [6.07, 6.45) is 3.25. The minimum absolute atomic E-state index is 0.0187. The van der Waals surface area contributed by atoms with Crippen LogP contribution in [0.2, 0.25) is 0 Å². The average molecular weight is 361 g/mol. The van der Waals surface area contributed by atoms with Gasteiger partial charge in [-0.15, -0.1) is 0 Å². The van der Waals surface area contributed by atoms with Crippen LogP contribution in [0.4, 0.5) is 0 Å². The Balaban J connectivity index is 1.79. The summed E-state index contributed by atoms with van der Waals surface area (Å²) in [5.74, 6) is -0.689. The van der Waals surface area contributed by atoms with Crippen molar-refractivity contribution in [2.75, 3.05) is 0 Å². The molecule has 6 heteroatoms. The van der Waals surface area contributed by atoms with Crippen molar-refractivity contribution >= 4 is 11.0 Å². The second kappa shape index (κ2) is 6.84. The maximum absolute atomic E-state index is 12.5. The SMILES string of the molecule is O=c1cc(-c2ccccc2)oc2cc(OCc3ccncc3)c(O)c(O)c12. The van der Waals surface area contributed by atoms with Crippen LogP contribution in [0.25, 0.3) is 22.3 Å². The molecule has 2 aromatic carbocycles. The number of hydrogen-bond donors (Lipinski definition) is 2. The molecule has 4 aromatic rings. The molecule has 0 atom stereocenters. The van der Waals surface area contributed by atoms with Crippen LogP contribution in [0.5, 0.6) is 17.2 Å². The van der Waals surface area contributed by atoms with E-state index in [0.29, 0.717) is 5.76 Å². The van der Waals surface area contributed by atoms with Crippen molar-refractivity contribution in [3.05, 3.63) is 82.8 Å². The predicted molar refractivity (Wildman–Crippen MR) is 99.8 cm³/mol. The summed E-state index contributed by atoms with van der Waals surface area (Å²) in [4.78, 5) is 16.4. The van der Waals surface area contributed by atoms with Gasteiger partial charge in [0.05, 0.1) is 0 Å². The van der Waals surface area contributed by atoms with Crippen molar-refractivity contribution in [2.45, 2.75) is 6.61 Å². The number of benzene rings is 2. The topological polar surface area (TPSA) is 92.8 Å². The molecule has 0 bridgehead atoms. The van der Waals surface area contributed by atoms with Crippen molar-refractivity contribution < 1.29 is 19.4 Å².